The van der Waals surface area contributed by atoms with Crippen LogP contribution in [-0.2, 0) is 19.1 Å². The number of Topliss-reactive ketones (excluding diaryl/α,β-unsaturated/α-hetero) is 1. The maximum Gasteiger partial charge on any atom is 0.311 e. The van der Waals surface area contributed by atoms with Crippen LogP contribution in [0.4, 0.5) is 0 Å². The summed E-state index contributed by atoms with van der Waals surface area (Å²) in [6.07, 6.45) is 1.51. The molecule has 0 rings (SSSR count). The molecule has 0 aromatic rings. The largest absolute Gasteiger partial charge is 0.463 e. The maximum absolute atomic E-state index is 12.7. The predicted octanol–water partition coefficient (Wildman–Crippen LogP) is 3.42. The van der Waals surface area contributed by atoms with Gasteiger partial charge in [-0.2, -0.15) is 0 Å². The second kappa shape index (κ2) is 8.93. The first-order valence-corrected chi connectivity index (χ1v) is 8.93. The lowest BCUT2D eigenvalue weighted by Crippen LogP contribution is -2.41. The molecular weight excluding hydrogens is 320 g/mol. The summed E-state index contributed by atoms with van der Waals surface area (Å²) in [4.78, 5) is 36.5. The maximum atomic E-state index is 12.7. The second-order valence-electron chi connectivity index (χ2n) is 9.47. The zero-order valence-corrected chi connectivity index (χ0v) is 17.1. The minimum Gasteiger partial charge on any atom is -0.463 e. The third-order valence-corrected chi connectivity index (χ3v) is 4.96. The van der Waals surface area contributed by atoms with Crippen molar-refractivity contribution in [2.24, 2.45) is 28.1 Å². The zero-order chi connectivity index (χ0) is 20.1. The molecule has 0 aliphatic rings. The van der Waals surface area contributed by atoms with E-state index in [0.29, 0.717) is 12.8 Å². The van der Waals surface area contributed by atoms with Gasteiger partial charge in [0.15, 0.2) is 0 Å². The molecule has 3 atom stereocenters. The molecular formula is C20H36O5. The molecule has 0 heterocycles. The van der Waals surface area contributed by atoms with E-state index in [2.05, 4.69) is 0 Å². The molecule has 5 nitrogen and oxygen atoms in total. The molecule has 3 unspecified atom stereocenters. The molecule has 1 N–H and O–H groups in total. The molecule has 0 fully saturated rings. The summed E-state index contributed by atoms with van der Waals surface area (Å²) in [5.74, 6) is -1.11. The molecule has 0 saturated carbocycles. The molecule has 146 valence electrons. The minimum absolute atomic E-state index is 0.0205. The lowest BCUT2D eigenvalue weighted by Gasteiger charge is -2.39. The molecule has 0 aromatic heterocycles. The Bertz CT molecular complexity index is 469. The number of carbonyl (C=O) groups excluding carboxylic acids is 3. The number of esters is 1. The average Bonchev–Trinajstić information content (AvgIpc) is 2.45. The van der Waals surface area contributed by atoms with Crippen LogP contribution in [0.3, 0.4) is 0 Å². The Balaban J connectivity index is 5.78. The van der Waals surface area contributed by atoms with Crippen molar-refractivity contribution in [3.05, 3.63) is 0 Å². The van der Waals surface area contributed by atoms with E-state index in [4.69, 9.17) is 9.84 Å². The first-order valence-electron chi connectivity index (χ1n) is 8.93. The first-order chi connectivity index (χ1) is 11.2. The fraction of sp³-hybridized carbons (Fsp3) is 0.850. The number of hydrogen-bond acceptors (Lipinski definition) is 5. The highest BCUT2D eigenvalue weighted by Gasteiger charge is 2.45. The normalized spacial score (nSPS) is 17.3. The van der Waals surface area contributed by atoms with Gasteiger partial charge in [0, 0.05) is 11.8 Å². The van der Waals surface area contributed by atoms with Gasteiger partial charge in [0.05, 0.1) is 12.0 Å². The molecule has 0 spiro atoms. The third-order valence-electron chi connectivity index (χ3n) is 4.96. The summed E-state index contributed by atoms with van der Waals surface area (Å²) in [5, 5.41) is 8.95. The van der Waals surface area contributed by atoms with E-state index in [1.807, 2.05) is 41.5 Å². The fourth-order valence-corrected chi connectivity index (χ4v) is 3.12. The van der Waals surface area contributed by atoms with Crippen LogP contribution >= 0.6 is 0 Å². The van der Waals surface area contributed by atoms with Gasteiger partial charge >= 0.3 is 5.97 Å². The van der Waals surface area contributed by atoms with E-state index in [9.17, 15) is 14.4 Å². The van der Waals surface area contributed by atoms with Gasteiger partial charge in [-0.1, -0.05) is 41.5 Å². The standard InChI is InChI=1S/C20H36O5/c1-14(23)16(19(5,6)7)12-20(8,17(24)25-10-9-21)11-15(13-22)18(2,3)4/h13,15-16,21H,9-12H2,1-8H3. The summed E-state index contributed by atoms with van der Waals surface area (Å²) in [7, 11) is 0. The van der Waals surface area contributed by atoms with Crippen LogP contribution in [0.2, 0.25) is 0 Å². The van der Waals surface area contributed by atoms with Crippen LogP contribution in [0.1, 0.15) is 68.2 Å². The van der Waals surface area contributed by atoms with Crippen LogP contribution in [0.15, 0.2) is 0 Å². The number of aldehydes is 1. The fourth-order valence-electron chi connectivity index (χ4n) is 3.12. The number of hydrogen-bond donors (Lipinski definition) is 1. The lowest BCUT2D eigenvalue weighted by atomic mass is 9.64. The molecule has 0 radical (unpaired) electrons. The summed E-state index contributed by atoms with van der Waals surface area (Å²) in [5.41, 5.74) is -1.58. The van der Waals surface area contributed by atoms with Gasteiger partial charge in [-0.3, -0.25) is 9.59 Å². The van der Waals surface area contributed by atoms with Crippen molar-refractivity contribution >= 4 is 18.0 Å². The van der Waals surface area contributed by atoms with Gasteiger partial charge in [0.1, 0.15) is 18.7 Å². The Labute approximate surface area is 152 Å². The number of ketones is 1. The second-order valence-corrected chi connectivity index (χ2v) is 9.47. The predicted molar refractivity (Wildman–Crippen MR) is 98.0 cm³/mol. The lowest BCUT2D eigenvalue weighted by molar-refractivity contribution is -0.160. The van der Waals surface area contributed by atoms with Gasteiger partial charge in [-0.15, -0.1) is 0 Å². The monoisotopic (exact) mass is 356 g/mol. The molecule has 0 aliphatic carbocycles. The number of ether oxygens (including phenoxy) is 1. The van der Waals surface area contributed by atoms with Crippen molar-refractivity contribution in [2.75, 3.05) is 13.2 Å². The Kier molecular flexibility index (Phi) is 8.49. The van der Waals surface area contributed by atoms with E-state index in [1.54, 1.807) is 6.92 Å². The van der Waals surface area contributed by atoms with Gasteiger partial charge < -0.3 is 14.6 Å². The van der Waals surface area contributed by atoms with Crippen LogP contribution in [-0.4, -0.2) is 36.4 Å². The highest BCUT2D eigenvalue weighted by Crippen LogP contribution is 2.44. The van der Waals surface area contributed by atoms with Crippen LogP contribution in [0.25, 0.3) is 0 Å². The minimum atomic E-state index is -0.975. The molecule has 0 bridgehead atoms. The molecule has 25 heavy (non-hydrogen) atoms. The Morgan fingerprint density at radius 1 is 1.00 bits per heavy atom. The van der Waals surface area contributed by atoms with E-state index < -0.39 is 11.4 Å². The topological polar surface area (TPSA) is 80.7 Å². The Hall–Kier alpha value is -1.23. The number of rotatable bonds is 9. The van der Waals surface area contributed by atoms with Crippen LogP contribution in [0.5, 0.6) is 0 Å². The highest BCUT2D eigenvalue weighted by atomic mass is 16.5. The van der Waals surface area contributed by atoms with E-state index in [-0.39, 0.29) is 41.7 Å². The summed E-state index contributed by atoms with van der Waals surface area (Å²) >= 11 is 0. The van der Waals surface area contributed by atoms with E-state index >= 15 is 0 Å². The van der Waals surface area contributed by atoms with Crippen molar-refractivity contribution in [2.45, 2.75) is 68.2 Å². The van der Waals surface area contributed by atoms with Crippen molar-refractivity contribution in [1.82, 2.24) is 0 Å². The van der Waals surface area contributed by atoms with Crippen molar-refractivity contribution in [3.8, 4) is 0 Å². The van der Waals surface area contributed by atoms with E-state index in [0.717, 1.165) is 6.29 Å². The summed E-state index contributed by atoms with van der Waals surface area (Å²) in [6, 6.07) is 0. The Morgan fingerprint density at radius 2 is 1.52 bits per heavy atom. The van der Waals surface area contributed by atoms with Crippen LogP contribution in [0, 0.1) is 28.1 Å². The van der Waals surface area contributed by atoms with Crippen molar-refractivity contribution < 1.29 is 24.2 Å². The molecule has 0 amide bonds. The molecule has 0 aromatic carbocycles. The molecule has 0 saturated heterocycles. The quantitative estimate of drug-likeness (QED) is 0.506. The van der Waals surface area contributed by atoms with Gasteiger partial charge in [-0.25, -0.2) is 0 Å². The van der Waals surface area contributed by atoms with Crippen molar-refractivity contribution in [1.29, 1.82) is 0 Å². The number of carbonyl (C=O) groups is 3. The summed E-state index contributed by atoms with van der Waals surface area (Å²) in [6.45, 7) is 14.7. The average molecular weight is 357 g/mol. The van der Waals surface area contributed by atoms with Gasteiger partial charge in [0.25, 0.3) is 0 Å². The third kappa shape index (κ3) is 7.27. The van der Waals surface area contributed by atoms with E-state index in [1.165, 1.54) is 6.92 Å². The van der Waals surface area contributed by atoms with Gasteiger partial charge in [-0.05, 0) is 37.5 Å². The number of aliphatic hydroxyl groups excluding tert-OH is 1. The number of aliphatic hydroxyl groups is 1. The zero-order valence-electron chi connectivity index (χ0n) is 17.1. The Morgan fingerprint density at radius 3 is 1.84 bits per heavy atom. The smallest absolute Gasteiger partial charge is 0.311 e. The molecule has 5 heteroatoms. The molecule has 0 aliphatic heterocycles. The van der Waals surface area contributed by atoms with Crippen molar-refractivity contribution in [3.63, 3.8) is 0 Å². The van der Waals surface area contributed by atoms with Gasteiger partial charge in [0.2, 0.25) is 0 Å². The SMILES string of the molecule is CC(=O)C(CC(C)(CC(C=O)C(C)(C)C)C(=O)OCCO)C(C)(C)C. The highest BCUT2D eigenvalue weighted by molar-refractivity contribution is 5.82. The first kappa shape index (κ1) is 23.8. The summed E-state index contributed by atoms with van der Waals surface area (Å²) < 4.78 is 5.19. The van der Waals surface area contributed by atoms with Crippen LogP contribution < -0.4 is 0 Å².